The molecule has 0 saturated carbocycles. The van der Waals surface area contributed by atoms with E-state index in [2.05, 4.69) is 15.0 Å². The molecule has 0 radical (unpaired) electrons. The highest BCUT2D eigenvalue weighted by molar-refractivity contribution is 7.89. The van der Waals surface area contributed by atoms with Crippen LogP contribution in [0.5, 0.6) is 0 Å². The van der Waals surface area contributed by atoms with Gasteiger partial charge in [-0.15, -0.1) is 4.40 Å². The Morgan fingerprint density at radius 2 is 1.45 bits per heavy atom. The molecular weight excluding hydrogens is 298 g/mol. The third kappa shape index (κ3) is 5.21. The van der Waals surface area contributed by atoms with Crippen molar-refractivity contribution in [3.63, 3.8) is 0 Å². The topological polar surface area (TPSA) is 70.6 Å². The molecule has 2 N–H and O–H groups in total. The number of para-hydroxylation sites is 1. The first-order valence-electron chi connectivity index (χ1n) is 6.79. The van der Waals surface area contributed by atoms with E-state index in [9.17, 15) is 8.42 Å². The van der Waals surface area contributed by atoms with E-state index in [1.54, 1.807) is 0 Å². The van der Waals surface area contributed by atoms with Crippen LogP contribution in [0, 0.1) is 13.8 Å². The molecule has 0 spiro atoms. The minimum Gasteiger partial charge on any atom is -0.325 e. The van der Waals surface area contributed by atoms with Gasteiger partial charge in [-0.25, -0.2) is 8.42 Å². The first-order valence-corrected chi connectivity index (χ1v) is 8.64. The molecule has 0 unspecified atom stereocenters. The first kappa shape index (κ1) is 16.0. The van der Waals surface area contributed by atoms with Gasteiger partial charge in [0.1, 0.15) is 0 Å². The maximum Gasteiger partial charge on any atom is 0.253 e. The van der Waals surface area contributed by atoms with Crippen LogP contribution in [0.2, 0.25) is 0 Å². The highest BCUT2D eigenvalue weighted by atomic mass is 32.2. The molecular formula is C16H19N3O2S. The predicted molar refractivity (Wildman–Crippen MR) is 91.9 cm³/mol. The number of aryl methyl sites for hydroxylation is 2. The quantitative estimate of drug-likeness (QED) is 0.674. The van der Waals surface area contributed by atoms with Gasteiger partial charge in [0.2, 0.25) is 5.96 Å². The number of guanidine groups is 1. The fourth-order valence-corrected chi connectivity index (χ4v) is 2.51. The molecule has 2 rings (SSSR count). The standard InChI is InChI=1S/C16H19N3O2S/c1-12-9-13(2)11-15(10-12)18-16(19-22(3,20)21)17-14-7-5-4-6-8-14/h4-11H,1-3H3,(H2,17,18,19). The molecule has 6 heteroatoms. The predicted octanol–water partition coefficient (Wildman–Crippen LogP) is 3.14. The van der Waals surface area contributed by atoms with Crippen molar-refractivity contribution in [1.29, 1.82) is 0 Å². The molecule has 0 aliphatic carbocycles. The summed E-state index contributed by atoms with van der Waals surface area (Å²) in [7, 11) is -3.52. The van der Waals surface area contributed by atoms with Crippen molar-refractivity contribution < 1.29 is 8.42 Å². The number of rotatable bonds is 3. The van der Waals surface area contributed by atoms with Crippen molar-refractivity contribution in [1.82, 2.24) is 0 Å². The van der Waals surface area contributed by atoms with Gasteiger partial charge in [0, 0.05) is 11.4 Å². The molecule has 0 bridgehead atoms. The molecule has 0 aromatic heterocycles. The van der Waals surface area contributed by atoms with E-state index in [4.69, 9.17) is 0 Å². The Hall–Kier alpha value is -2.34. The Morgan fingerprint density at radius 3 is 2.00 bits per heavy atom. The summed E-state index contributed by atoms with van der Waals surface area (Å²) in [6.07, 6.45) is 1.06. The zero-order valence-electron chi connectivity index (χ0n) is 12.8. The molecule has 5 nitrogen and oxygen atoms in total. The van der Waals surface area contributed by atoms with E-state index >= 15 is 0 Å². The number of hydrogen-bond acceptors (Lipinski definition) is 2. The SMILES string of the molecule is Cc1cc(C)cc(N/C(=N\S(C)(=O)=O)Nc2ccccc2)c1. The van der Waals surface area contributed by atoms with E-state index in [0.29, 0.717) is 0 Å². The van der Waals surface area contributed by atoms with E-state index in [1.807, 2.05) is 62.4 Å². The van der Waals surface area contributed by atoms with Crippen molar-refractivity contribution in [3.8, 4) is 0 Å². The largest absolute Gasteiger partial charge is 0.325 e. The van der Waals surface area contributed by atoms with Crippen molar-refractivity contribution in [3.05, 3.63) is 59.7 Å². The maximum absolute atomic E-state index is 11.5. The van der Waals surface area contributed by atoms with Crippen LogP contribution in [0.3, 0.4) is 0 Å². The zero-order chi connectivity index (χ0) is 16.2. The van der Waals surface area contributed by atoms with Crippen molar-refractivity contribution >= 4 is 27.4 Å². The average Bonchev–Trinajstić information content (AvgIpc) is 2.36. The van der Waals surface area contributed by atoms with Crippen LogP contribution in [0.15, 0.2) is 52.9 Å². The van der Waals surface area contributed by atoms with Crippen molar-refractivity contribution in [2.24, 2.45) is 4.40 Å². The lowest BCUT2D eigenvalue weighted by Gasteiger charge is -2.13. The summed E-state index contributed by atoms with van der Waals surface area (Å²) >= 11 is 0. The van der Waals surface area contributed by atoms with Gasteiger partial charge in [-0.3, -0.25) is 0 Å². The number of benzene rings is 2. The molecule has 0 fully saturated rings. The lowest BCUT2D eigenvalue weighted by molar-refractivity contribution is 0.604. The second kappa shape index (κ2) is 6.62. The highest BCUT2D eigenvalue weighted by Gasteiger charge is 2.07. The molecule has 22 heavy (non-hydrogen) atoms. The third-order valence-electron chi connectivity index (χ3n) is 2.78. The van der Waals surface area contributed by atoms with Gasteiger partial charge < -0.3 is 10.6 Å². The van der Waals surface area contributed by atoms with Gasteiger partial charge in [0.15, 0.2) is 0 Å². The molecule has 0 saturated heterocycles. The number of anilines is 2. The van der Waals surface area contributed by atoms with Crippen LogP contribution in [0.25, 0.3) is 0 Å². The lowest BCUT2D eigenvalue weighted by atomic mass is 10.1. The Balaban J connectivity index is 2.31. The third-order valence-corrected chi connectivity index (χ3v) is 3.29. The molecule has 2 aromatic rings. The lowest BCUT2D eigenvalue weighted by Crippen LogP contribution is -2.23. The Kier molecular flexibility index (Phi) is 4.82. The van der Waals surface area contributed by atoms with Crippen LogP contribution in [0.4, 0.5) is 11.4 Å². The summed E-state index contributed by atoms with van der Waals surface area (Å²) in [6.45, 7) is 3.96. The minimum absolute atomic E-state index is 0.165. The first-order chi connectivity index (χ1) is 10.3. The van der Waals surface area contributed by atoms with E-state index in [0.717, 1.165) is 28.8 Å². The Bertz CT molecular complexity index is 764. The minimum atomic E-state index is -3.52. The fourth-order valence-electron chi connectivity index (χ4n) is 2.08. The molecule has 116 valence electrons. The summed E-state index contributed by atoms with van der Waals surface area (Å²) in [4.78, 5) is 0. The Labute approximate surface area is 131 Å². The van der Waals surface area contributed by atoms with Gasteiger partial charge >= 0.3 is 0 Å². The summed E-state index contributed by atoms with van der Waals surface area (Å²) in [5.74, 6) is 0.165. The second-order valence-corrected chi connectivity index (χ2v) is 6.81. The summed E-state index contributed by atoms with van der Waals surface area (Å²) in [6, 6.07) is 15.2. The van der Waals surface area contributed by atoms with Gasteiger partial charge in [-0.2, -0.15) is 0 Å². The highest BCUT2D eigenvalue weighted by Crippen LogP contribution is 2.15. The van der Waals surface area contributed by atoms with Gasteiger partial charge in [0.25, 0.3) is 10.0 Å². The monoisotopic (exact) mass is 317 g/mol. The van der Waals surface area contributed by atoms with Crippen LogP contribution >= 0.6 is 0 Å². The van der Waals surface area contributed by atoms with E-state index in [-0.39, 0.29) is 5.96 Å². The molecule has 0 aliphatic heterocycles. The molecule has 2 aromatic carbocycles. The molecule has 0 amide bonds. The zero-order valence-corrected chi connectivity index (χ0v) is 13.6. The van der Waals surface area contributed by atoms with Gasteiger partial charge in [-0.1, -0.05) is 24.3 Å². The normalized spacial score (nSPS) is 12.0. The number of hydrogen-bond donors (Lipinski definition) is 2. The number of nitrogens with zero attached hydrogens (tertiary/aromatic N) is 1. The fraction of sp³-hybridized carbons (Fsp3) is 0.188. The van der Waals surface area contributed by atoms with Crippen LogP contribution in [0.1, 0.15) is 11.1 Å². The van der Waals surface area contributed by atoms with E-state index in [1.165, 1.54) is 0 Å². The summed E-state index contributed by atoms with van der Waals surface area (Å²) in [5.41, 5.74) is 3.70. The van der Waals surface area contributed by atoms with Gasteiger partial charge in [0.05, 0.1) is 6.26 Å². The smallest absolute Gasteiger partial charge is 0.253 e. The van der Waals surface area contributed by atoms with Crippen LogP contribution in [-0.2, 0) is 10.0 Å². The number of sulfonamides is 1. The van der Waals surface area contributed by atoms with Crippen LogP contribution in [-0.4, -0.2) is 20.6 Å². The summed E-state index contributed by atoms with van der Waals surface area (Å²) in [5, 5.41) is 6.01. The molecule has 0 aliphatic rings. The molecule has 0 atom stereocenters. The van der Waals surface area contributed by atoms with Gasteiger partial charge in [-0.05, 0) is 49.2 Å². The Morgan fingerprint density at radius 1 is 0.909 bits per heavy atom. The van der Waals surface area contributed by atoms with Crippen molar-refractivity contribution in [2.45, 2.75) is 13.8 Å². The molecule has 0 heterocycles. The summed E-state index contributed by atoms with van der Waals surface area (Å²) < 4.78 is 26.7. The maximum atomic E-state index is 11.5. The second-order valence-electron chi connectivity index (χ2n) is 5.17. The van der Waals surface area contributed by atoms with Crippen molar-refractivity contribution in [2.75, 3.05) is 16.9 Å². The van der Waals surface area contributed by atoms with Crippen LogP contribution < -0.4 is 10.6 Å². The number of nitrogens with one attached hydrogen (secondary N) is 2. The average molecular weight is 317 g/mol. The van der Waals surface area contributed by atoms with E-state index < -0.39 is 10.0 Å².